The molecule has 1 fully saturated rings. The summed E-state index contributed by atoms with van der Waals surface area (Å²) in [5.74, 6) is 0.0627. The fraction of sp³-hybridized carbons (Fsp3) is 0.304. The number of likely N-dealkylation sites (tertiary alicyclic amines) is 1. The highest BCUT2D eigenvalue weighted by molar-refractivity contribution is 5.98. The van der Waals surface area contributed by atoms with Crippen molar-refractivity contribution in [2.45, 2.75) is 26.4 Å². The fourth-order valence-electron chi connectivity index (χ4n) is 4.28. The van der Waals surface area contributed by atoms with Gasteiger partial charge in [-0.05, 0) is 44.0 Å². The van der Waals surface area contributed by atoms with Crippen molar-refractivity contribution in [3.05, 3.63) is 59.3 Å². The van der Waals surface area contributed by atoms with Gasteiger partial charge in [0.25, 0.3) is 5.91 Å². The fourth-order valence-corrected chi connectivity index (χ4v) is 4.28. The number of hydrogen-bond donors (Lipinski definition) is 1. The summed E-state index contributed by atoms with van der Waals surface area (Å²) in [5.41, 5.74) is 3.53. The largest absolute Gasteiger partial charge is 0.452 e. The molecule has 1 amide bonds. The van der Waals surface area contributed by atoms with Crippen LogP contribution in [0.2, 0.25) is 0 Å². The van der Waals surface area contributed by atoms with E-state index in [9.17, 15) is 4.79 Å². The topological polar surface area (TPSA) is 71.9 Å². The first-order valence-electron chi connectivity index (χ1n) is 10.2. The molecule has 4 heterocycles. The van der Waals surface area contributed by atoms with E-state index in [-0.39, 0.29) is 17.8 Å². The van der Waals surface area contributed by atoms with E-state index in [1.54, 1.807) is 53.2 Å². The molecule has 1 saturated heterocycles. The Labute approximate surface area is 178 Å². The third-order valence-electron chi connectivity index (χ3n) is 5.94. The lowest BCUT2D eigenvalue weighted by Crippen LogP contribution is -2.30. The molecular formula is C23H23FN4O3. The molecule has 0 aliphatic carbocycles. The van der Waals surface area contributed by atoms with Crippen LogP contribution < -0.4 is 4.74 Å². The first-order chi connectivity index (χ1) is 15.0. The molecule has 1 N–H and O–H groups in total. The smallest absolute Gasteiger partial charge is 0.255 e. The van der Waals surface area contributed by atoms with Crippen molar-refractivity contribution < 1.29 is 18.7 Å². The maximum atomic E-state index is 15.0. The molecule has 1 aliphatic heterocycles. The number of carbonyl (C=O) groups excluding carboxylic acids is 1. The standard InChI is InChI=1S/C23H23FN4O3/c1-13-10-16-18(26-13)4-5-19(21(16)24)31-20-6-8-25-28-12-17(14(2)22(20)28)23(29)27-9-7-15(11-27)30-3/h4-6,8,10,12,15,26H,7,9,11H2,1-3H3/t15-/m1/s1. The molecule has 0 unspecified atom stereocenters. The van der Waals surface area contributed by atoms with Crippen LogP contribution in [-0.2, 0) is 4.74 Å². The van der Waals surface area contributed by atoms with Crippen molar-refractivity contribution >= 4 is 22.3 Å². The zero-order valence-corrected chi connectivity index (χ0v) is 17.6. The van der Waals surface area contributed by atoms with Gasteiger partial charge in [0.1, 0.15) is 5.52 Å². The minimum atomic E-state index is -0.431. The summed E-state index contributed by atoms with van der Waals surface area (Å²) in [6.07, 6.45) is 4.16. The number of hydrogen-bond acceptors (Lipinski definition) is 4. The monoisotopic (exact) mass is 422 g/mol. The lowest BCUT2D eigenvalue weighted by atomic mass is 10.1. The van der Waals surface area contributed by atoms with Crippen molar-refractivity contribution in [2.75, 3.05) is 20.2 Å². The van der Waals surface area contributed by atoms with E-state index in [2.05, 4.69) is 10.1 Å². The number of aryl methyl sites for hydroxylation is 2. The van der Waals surface area contributed by atoms with Gasteiger partial charge in [-0.2, -0.15) is 5.10 Å². The van der Waals surface area contributed by atoms with E-state index in [4.69, 9.17) is 9.47 Å². The van der Waals surface area contributed by atoms with Crippen LogP contribution in [0, 0.1) is 19.7 Å². The maximum absolute atomic E-state index is 15.0. The molecule has 1 aliphatic rings. The molecule has 0 bridgehead atoms. The average Bonchev–Trinajstić information content (AvgIpc) is 3.47. The molecule has 7 nitrogen and oxygen atoms in total. The van der Waals surface area contributed by atoms with E-state index >= 15 is 4.39 Å². The second-order valence-electron chi connectivity index (χ2n) is 7.95. The minimum Gasteiger partial charge on any atom is -0.452 e. The number of rotatable bonds is 4. The lowest BCUT2D eigenvalue weighted by molar-refractivity contribution is 0.0723. The van der Waals surface area contributed by atoms with Crippen LogP contribution in [0.15, 0.2) is 36.7 Å². The van der Waals surface area contributed by atoms with E-state index in [1.807, 2.05) is 13.8 Å². The molecule has 4 aromatic rings. The van der Waals surface area contributed by atoms with Crippen molar-refractivity contribution in [1.29, 1.82) is 0 Å². The molecule has 1 aromatic carbocycles. The van der Waals surface area contributed by atoms with Crippen molar-refractivity contribution in [2.24, 2.45) is 0 Å². The number of halogens is 1. The van der Waals surface area contributed by atoms with Gasteiger partial charge in [-0.25, -0.2) is 8.91 Å². The molecule has 1 atom stereocenters. The zero-order chi connectivity index (χ0) is 21.7. The Balaban J connectivity index is 1.52. The summed E-state index contributed by atoms with van der Waals surface area (Å²) in [6, 6.07) is 6.82. The summed E-state index contributed by atoms with van der Waals surface area (Å²) in [4.78, 5) is 18.0. The lowest BCUT2D eigenvalue weighted by Gasteiger charge is -2.15. The second-order valence-corrected chi connectivity index (χ2v) is 7.95. The number of nitrogens with zero attached hydrogens (tertiary/aromatic N) is 3. The number of methoxy groups -OCH3 is 1. The van der Waals surface area contributed by atoms with Crippen molar-refractivity contribution in [3.63, 3.8) is 0 Å². The van der Waals surface area contributed by atoms with Gasteiger partial charge in [-0.1, -0.05) is 0 Å². The van der Waals surface area contributed by atoms with Crippen LogP contribution in [0.5, 0.6) is 11.5 Å². The molecule has 0 saturated carbocycles. The minimum absolute atomic E-state index is 0.0632. The SMILES string of the molecule is CO[C@@H]1CCN(C(=O)c2cn3nccc(Oc4ccc5[nH]c(C)cc5c4F)c3c2C)C1. The summed E-state index contributed by atoms with van der Waals surface area (Å²) in [5, 5.41) is 4.80. The molecule has 5 rings (SSSR count). The zero-order valence-electron chi connectivity index (χ0n) is 17.6. The number of H-pyrrole nitrogens is 1. The van der Waals surface area contributed by atoms with E-state index < -0.39 is 5.82 Å². The molecule has 8 heteroatoms. The normalized spacial score (nSPS) is 16.5. The third kappa shape index (κ3) is 3.23. The van der Waals surface area contributed by atoms with Gasteiger partial charge in [-0.3, -0.25) is 4.79 Å². The van der Waals surface area contributed by atoms with Crippen LogP contribution in [-0.4, -0.2) is 51.7 Å². The van der Waals surface area contributed by atoms with Gasteiger partial charge >= 0.3 is 0 Å². The molecule has 0 spiro atoms. The van der Waals surface area contributed by atoms with Gasteiger partial charge in [0.05, 0.1) is 17.9 Å². The van der Waals surface area contributed by atoms with Crippen LogP contribution in [0.1, 0.15) is 28.0 Å². The molecule has 0 radical (unpaired) electrons. The number of aromatic amines is 1. The summed E-state index contributed by atoms with van der Waals surface area (Å²) >= 11 is 0. The van der Waals surface area contributed by atoms with Crippen molar-refractivity contribution in [3.8, 4) is 11.5 Å². The third-order valence-corrected chi connectivity index (χ3v) is 5.94. The maximum Gasteiger partial charge on any atom is 0.255 e. The van der Waals surface area contributed by atoms with Crippen LogP contribution in [0.25, 0.3) is 16.4 Å². The summed E-state index contributed by atoms with van der Waals surface area (Å²) < 4.78 is 28.0. The van der Waals surface area contributed by atoms with Gasteiger partial charge in [-0.15, -0.1) is 0 Å². The number of amides is 1. The number of aromatic nitrogens is 3. The number of benzene rings is 1. The van der Waals surface area contributed by atoms with Gasteiger partial charge in [0, 0.05) is 49.1 Å². The Kier molecular flexibility index (Phi) is 4.66. The summed E-state index contributed by atoms with van der Waals surface area (Å²) in [6.45, 7) is 4.96. The first-order valence-corrected chi connectivity index (χ1v) is 10.2. The number of carbonyl (C=O) groups is 1. The number of ether oxygens (including phenoxy) is 2. The predicted molar refractivity (Wildman–Crippen MR) is 114 cm³/mol. The van der Waals surface area contributed by atoms with E-state index in [0.29, 0.717) is 40.8 Å². The molecule has 3 aromatic heterocycles. The van der Waals surface area contributed by atoms with Gasteiger partial charge < -0.3 is 19.4 Å². The highest BCUT2D eigenvalue weighted by Gasteiger charge is 2.29. The number of nitrogens with one attached hydrogen (secondary N) is 1. The Morgan fingerprint density at radius 2 is 2.10 bits per heavy atom. The molecular weight excluding hydrogens is 399 g/mol. The van der Waals surface area contributed by atoms with E-state index in [1.165, 1.54) is 0 Å². The van der Waals surface area contributed by atoms with E-state index in [0.717, 1.165) is 17.7 Å². The van der Waals surface area contributed by atoms with Crippen LogP contribution in [0.4, 0.5) is 4.39 Å². The Morgan fingerprint density at radius 1 is 1.26 bits per heavy atom. The second kappa shape index (κ2) is 7.39. The Bertz CT molecular complexity index is 1310. The average molecular weight is 422 g/mol. The highest BCUT2D eigenvalue weighted by Crippen LogP contribution is 2.34. The number of fused-ring (bicyclic) bond motifs is 2. The first kappa shape index (κ1) is 19.6. The van der Waals surface area contributed by atoms with Gasteiger partial charge in [0.2, 0.25) is 0 Å². The van der Waals surface area contributed by atoms with Crippen LogP contribution in [0.3, 0.4) is 0 Å². The predicted octanol–water partition coefficient (Wildman–Crippen LogP) is 4.22. The van der Waals surface area contributed by atoms with Crippen molar-refractivity contribution in [1.82, 2.24) is 19.5 Å². The molecule has 31 heavy (non-hydrogen) atoms. The molecule has 160 valence electrons. The van der Waals surface area contributed by atoms with Crippen LogP contribution >= 0.6 is 0 Å². The Morgan fingerprint density at radius 3 is 2.87 bits per heavy atom. The quantitative estimate of drug-likeness (QED) is 0.534. The Hall–Kier alpha value is -3.39. The highest BCUT2D eigenvalue weighted by atomic mass is 19.1. The summed E-state index contributed by atoms with van der Waals surface area (Å²) in [7, 11) is 1.66. The van der Waals surface area contributed by atoms with Gasteiger partial charge in [0.15, 0.2) is 17.3 Å².